The van der Waals surface area contributed by atoms with E-state index in [1.165, 1.54) is 32.8 Å². The zero-order chi connectivity index (χ0) is 36.4. The molecule has 0 saturated heterocycles. The Morgan fingerprint density at radius 1 is 1.04 bits per heavy atom. The van der Waals surface area contributed by atoms with Crippen LogP contribution in [0.3, 0.4) is 0 Å². The molecule has 1 aliphatic carbocycles. The molecular weight excluding hydrogens is 701 g/mol. The minimum Gasteiger partial charge on any atom is -0.497 e. The first-order valence-corrected chi connectivity index (χ1v) is 21.1. The fraction of sp³-hybridized carbons (Fsp3) is 0.457. The molecule has 3 atom stereocenters. The molecule has 1 aliphatic rings. The Hall–Kier alpha value is -3.72. The highest BCUT2D eigenvalue weighted by atomic mass is 35.5. The molecule has 270 valence electrons. The van der Waals surface area contributed by atoms with Crippen LogP contribution in [0.25, 0.3) is 0 Å². The smallest absolute Gasteiger partial charge is 0.268 e. The molecule has 2 aromatic carbocycles. The quantitative estimate of drug-likeness (QED) is 0.136. The fourth-order valence-corrected chi connectivity index (χ4v) is 9.09. The topological polar surface area (TPSA) is 118 Å². The van der Waals surface area contributed by atoms with Gasteiger partial charge in [-0.25, -0.2) is 27.1 Å². The van der Waals surface area contributed by atoms with Crippen LogP contribution in [0.1, 0.15) is 57.2 Å². The lowest BCUT2D eigenvalue weighted by atomic mass is 9.82. The van der Waals surface area contributed by atoms with Gasteiger partial charge in [-0.15, -0.1) is 0 Å². The Morgan fingerprint density at radius 2 is 1.80 bits per heavy atom. The largest absolute Gasteiger partial charge is 0.497 e. The molecule has 5 rings (SSSR count). The van der Waals surface area contributed by atoms with Gasteiger partial charge in [0.2, 0.25) is 0 Å². The predicted octanol–water partition coefficient (Wildman–Crippen LogP) is 7.52. The molecule has 0 radical (unpaired) electrons. The highest BCUT2D eigenvalue weighted by Gasteiger charge is 2.43. The summed E-state index contributed by atoms with van der Waals surface area (Å²) >= 11 is 6.72. The first-order chi connectivity index (χ1) is 23.6. The van der Waals surface area contributed by atoms with Gasteiger partial charge < -0.3 is 18.6 Å². The molecule has 0 bridgehead atoms. The molecular formula is C35H45ClFN5O6SSi. The maximum absolute atomic E-state index is 16.1. The summed E-state index contributed by atoms with van der Waals surface area (Å²) in [7, 11) is -1.75. The van der Waals surface area contributed by atoms with Gasteiger partial charge in [0, 0.05) is 60.9 Å². The molecule has 15 heteroatoms. The van der Waals surface area contributed by atoms with Crippen molar-refractivity contribution >= 4 is 35.8 Å². The SMILES string of the molecule is COc1ccc(CN(c2ccncn2)S(=O)(=O)c2cc(Cl)c(O[C@H]3CC[C@H](O[Si](C)(C)C(C)(C)C)C[C@@H]3c3ccnn3C)cc2F)c(OC)c1. The molecule has 2 heterocycles. The second-order valence-electron chi connectivity index (χ2n) is 13.9. The zero-order valence-electron chi connectivity index (χ0n) is 29.7. The Morgan fingerprint density at radius 3 is 2.42 bits per heavy atom. The zero-order valence-corrected chi connectivity index (χ0v) is 32.3. The molecule has 1 saturated carbocycles. The van der Waals surface area contributed by atoms with Crippen LogP contribution in [0.15, 0.2) is 66.1 Å². The van der Waals surface area contributed by atoms with Crippen LogP contribution in [-0.4, -0.2) is 62.9 Å². The number of hydrogen-bond donors (Lipinski definition) is 0. The van der Waals surface area contributed by atoms with E-state index in [1.54, 1.807) is 24.4 Å². The van der Waals surface area contributed by atoms with Crippen molar-refractivity contribution in [3.05, 3.63) is 83.3 Å². The van der Waals surface area contributed by atoms with Gasteiger partial charge in [-0.3, -0.25) is 4.68 Å². The summed E-state index contributed by atoms with van der Waals surface area (Å²) in [5.74, 6) is -0.150. The second-order valence-corrected chi connectivity index (χ2v) is 20.9. The van der Waals surface area contributed by atoms with Crippen LogP contribution in [0.4, 0.5) is 10.2 Å². The Kier molecular flexibility index (Phi) is 11.2. The molecule has 11 nitrogen and oxygen atoms in total. The summed E-state index contributed by atoms with van der Waals surface area (Å²) in [6.07, 6.45) is 6.05. The normalized spacial score (nSPS) is 18.5. The summed E-state index contributed by atoms with van der Waals surface area (Å²) < 4.78 is 71.4. The summed E-state index contributed by atoms with van der Waals surface area (Å²) in [5, 5.41) is 4.39. The lowest BCUT2D eigenvalue weighted by Crippen LogP contribution is -2.46. The van der Waals surface area contributed by atoms with Crippen molar-refractivity contribution in [3.8, 4) is 17.2 Å². The van der Waals surface area contributed by atoms with E-state index in [0.717, 1.165) is 28.6 Å². The van der Waals surface area contributed by atoms with Crippen molar-refractivity contribution < 1.29 is 31.4 Å². The molecule has 1 fully saturated rings. The lowest BCUT2D eigenvalue weighted by Gasteiger charge is -2.43. The number of ether oxygens (including phenoxy) is 3. The summed E-state index contributed by atoms with van der Waals surface area (Å²) in [6, 6.07) is 10.5. The van der Waals surface area contributed by atoms with Crippen LogP contribution in [0.2, 0.25) is 23.2 Å². The third kappa shape index (κ3) is 7.93. The van der Waals surface area contributed by atoms with Gasteiger partial charge in [0.25, 0.3) is 10.0 Å². The standard InChI is InChI=1S/C35H45ClFN5O6SSi/c1-35(2,3)50(7,8)48-25-11-12-30(26(17-25)29-13-16-40-41(29)4)47-32-20-28(37)33(19-27(32)36)49(43,44)42(34-14-15-38-22-39-34)21-23-9-10-24(45-5)18-31(23)46-6/h9-10,13-16,18-20,22,25-26,30H,11-12,17,21H2,1-8H3/t25-,26+,30-/m0/s1. The highest BCUT2D eigenvalue weighted by molar-refractivity contribution is 7.92. The highest BCUT2D eigenvalue weighted by Crippen LogP contribution is 2.44. The minimum atomic E-state index is -4.57. The number of aryl methyl sites for hydroxylation is 1. The number of benzene rings is 2. The molecule has 4 aromatic rings. The number of methoxy groups -OCH3 is 2. The third-order valence-corrected chi connectivity index (χ3v) is 16.3. The van der Waals surface area contributed by atoms with Crippen LogP contribution in [-0.2, 0) is 28.0 Å². The summed E-state index contributed by atoms with van der Waals surface area (Å²) in [6.45, 7) is 10.9. The van der Waals surface area contributed by atoms with Crippen molar-refractivity contribution in [1.29, 1.82) is 0 Å². The van der Waals surface area contributed by atoms with Crippen LogP contribution in [0, 0.1) is 5.82 Å². The van der Waals surface area contributed by atoms with Crippen LogP contribution in [0.5, 0.6) is 17.2 Å². The molecule has 0 unspecified atom stereocenters. The average Bonchev–Trinajstić information content (AvgIpc) is 3.50. The number of hydrogen-bond acceptors (Lipinski definition) is 9. The van der Waals surface area contributed by atoms with Crippen molar-refractivity contribution in [2.45, 2.75) is 87.7 Å². The van der Waals surface area contributed by atoms with E-state index in [-0.39, 0.29) is 46.3 Å². The van der Waals surface area contributed by atoms with E-state index >= 15 is 4.39 Å². The number of nitrogens with zero attached hydrogens (tertiary/aromatic N) is 5. The van der Waals surface area contributed by atoms with Crippen LogP contribution < -0.4 is 18.5 Å². The maximum Gasteiger partial charge on any atom is 0.268 e. The fourth-order valence-electron chi connectivity index (χ4n) is 5.94. The molecule has 0 aliphatic heterocycles. The van der Waals surface area contributed by atoms with Gasteiger partial charge in [0.05, 0.1) is 25.8 Å². The van der Waals surface area contributed by atoms with Gasteiger partial charge in [-0.1, -0.05) is 32.4 Å². The van der Waals surface area contributed by atoms with Gasteiger partial charge in [0.15, 0.2) is 8.32 Å². The van der Waals surface area contributed by atoms with Crippen LogP contribution >= 0.6 is 11.6 Å². The van der Waals surface area contributed by atoms with Crippen molar-refractivity contribution in [2.24, 2.45) is 7.05 Å². The average molecular weight is 746 g/mol. The van der Waals surface area contributed by atoms with E-state index in [4.69, 9.17) is 30.2 Å². The number of anilines is 1. The monoisotopic (exact) mass is 745 g/mol. The van der Waals surface area contributed by atoms with Gasteiger partial charge in [-0.2, -0.15) is 5.10 Å². The molecule has 0 spiro atoms. The second kappa shape index (κ2) is 14.9. The third-order valence-electron chi connectivity index (χ3n) is 9.71. The Bertz CT molecular complexity index is 1910. The molecule has 50 heavy (non-hydrogen) atoms. The summed E-state index contributed by atoms with van der Waals surface area (Å²) in [5.41, 5.74) is 1.46. The van der Waals surface area contributed by atoms with E-state index in [2.05, 4.69) is 48.9 Å². The first kappa shape index (κ1) is 37.5. The van der Waals surface area contributed by atoms with Gasteiger partial charge in [0.1, 0.15) is 46.2 Å². The van der Waals surface area contributed by atoms with Crippen molar-refractivity contribution in [2.75, 3.05) is 18.5 Å². The lowest BCUT2D eigenvalue weighted by molar-refractivity contribution is 0.0518. The number of sulfonamides is 1. The molecule has 0 amide bonds. The predicted molar refractivity (Wildman–Crippen MR) is 193 cm³/mol. The number of rotatable bonds is 12. The Balaban J connectivity index is 1.45. The van der Waals surface area contributed by atoms with E-state index in [9.17, 15) is 8.42 Å². The molecule has 2 aromatic heterocycles. The van der Waals surface area contributed by atoms with Gasteiger partial charge >= 0.3 is 0 Å². The minimum absolute atomic E-state index is 0.0208. The number of aromatic nitrogens is 4. The van der Waals surface area contributed by atoms with E-state index in [0.29, 0.717) is 29.9 Å². The van der Waals surface area contributed by atoms with E-state index in [1.807, 2.05) is 17.8 Å². The van der Waals surface area contributed by atoms with Crippen molar-refractivity contribution in [1.82, 2.24) is 19.7 Å². The van der Waals surface area contributed by atoms with Gasteiger partial charge in [-0.05, 0) is 61.7 Å². The first-order valence-electron chi connectivity index (χ1n) is 16.4. The summed E-state index contributed by atoms with van der Waals surface area (Å²) in [4.78, 5) is 7.44. The molecule has 0 N–H and O–H groups in total. The number of halogens is 2. The Labute approximate surface area is 299 Å². The van der Waals surface area contributed by atoms with Crippen molar-refractivity contribution in [3.63, 3.8) is 0 Å². The van der Waals surface area contributed by atoms with E-state index < -0.39 is 29.1 Å². The maximum atomic E-state index is 16.1.